The molecule has 0 heterocycles. The van der Waals surface area contributed by atoms with Gasteiger partial charge in [-0.2, -0.15) is 8.42 Å². The van der Waals surface area contributed by atoms with E-state index in [4.69, 9.17) is 13.7 Å². The van der Waals surface area contributed by atoms with Gasteiger partial charge in [-0.3, -0.25) is 4.18 Å². The lowest BCUT2D eigenvalue weighted by Gasteiger charge is -2.61. The van der Waals surface area contributed by atoms with Gasteiger partial charge in [-0.05, 0) is 118 Å². The number of allylic oxidation sites excluding steroid dienone is 1. The Hall–Kier alpha value is -1.21. The molecule has 5 rings (SSSR count). The number of benzene rings is 1. The highest BCUT2D eigenvalue weighted by Gasteiger charge is 2.61. The third kappa shape index (κ3) is 5.49. The summed E-state index contributed by atoms with van der Waals surface area (Å²) in [6, 6.07) is 6.95. The molecule has 6 heteroatoms. The molecular formula is C35H54O5S. The standard InChI is InChI=1S/C35H54O5S/c1-9-38-25(4)40-32-19-21-35(8)30-18-20-34(7)28(15-16-29(34)27(30)14-17-31(35)33(32,5)6)24(3)22-39-41(36,37)26-12-10-23(2)11-13-26/h10-13,17,24-25,27-30,32H,9,14-16,18-22H2,1-8H3/t24-,25?,27+,28+,29+,30+,32+,34-,35+/m1/s1. The topological polar surface area (TPSA) is 61.8 Å². The molecule has 0 radical (unpaired) electrons. The number of hydrogen-bond acceptors (Lipinski definition) is 5. The highest BCUT2D eigenvalue weighted by Crippen LogP contribution is 2.69. The zero-order valence-electron chi connectivity index (χ0n) is 26.7. The first-order chi connectivity index (χ1) is 19.2. The van der Waals surface area contributed by atoms with Crippen LogP contribution >= 0.6 is 0 Å². The van der Waals surface area contributed by atoms with Crippen molar-refractivity contribution in [3.63, 3.8) is 0 Å². The number of rotatable bonds is 9. The largest absolute Gasteiger partial charge is 0.353 e. The minimum absolute atomic E-state index is 0.00289. The van der Waals surface area contributed by atoms with Gasteiger partial charge < -0.3 is 9.47 Å². The van der Waals surface area contributed by atoms with Crippen molar-refractivity contribution in [1.29, 1.82) is 0 Å². The van der Waals surface area contributed by atoms with Crippen LogP contribution in [0.15, 0.2) is 40.8 Å². The van der Waals surface area contributed by atoms with E-state index in [1.54, 1.807) is 17.7 Å². The first-order valence-electron chi connectivity index (χ1n) is 16.2. The van der Waals surface area contributed by atoms with Crippen molar-refractivity contribution in [3.05, 3.63) is 41.5 Å². The molecule has 5 nitrogen and oxygen atoms in total. The van der Waals surface area contributed by atoms with Crippen molar-refractivity contribution in [3.8, 4) is 0 Å². The molecule has 41 heavy (non-hydrogen) atoms. The Morgan fingerprint density at radius 3 is 2.34 bits per heavy atom. The summed E-state index contributed by atoms with van der Waals surface area (Å²) in [5.74, 6) is 2.78. The van der Waals surface area contributed by atoms with Crippen molar-refractivity contribution >= 4 is 10.1 Å². The SMILES string of the molecule is CCOC(C)O[C@H]1CC[C@]2(C)C(=CC[C@H]3[C@@H]4CC[C@@H]([C@H](C)COS(=O)(=O)c5ccc(C)cc5)[C@@]4(C)CC[C@@H]32)C1(C)C. The van der Waals surface area contributed by atoms with E-state index in [0.717, 1.165) is 18.4 Å². The van der Waals surface area contributed by atoms with Crippen molar-refractivity contribution in [1.82, 2.24) is 0 Å². The van der Waals surface area contributed by atoms with Gasteiger partial charge in [-0.15, -0.1) is 0 Å². The summed E-state index contributed by atoms with van der Waals surface area (Å²) in [6.45, 7) is 19.0. The van der Waals surface area contributed by atoms with Crippen LogP contribution in [0.4, 0.5) is 0 Å². The van der Waals surface area contributed by atoms with Gasteiger partial charge in [0.2, 0.25) is 0 Å². The summed E-state index contributed by atoms with van der Waals surface area (Å²) in [7, 11) is -3.74. The molecule has 1 aromatic carbocycles. The maximum Gasteiger partial charge on any atom is 0.296 e. The normalized spacial score (nSPS) is 37.9. The molecule has 0 spiro atoms. The molecule has 4 aliphatic carbocycles. The fourth-order valence-electron chi connectivity index (χ4n) is 10.2. The number of aryl methyl sites for hydroxylation is 1. The Labute approximate surface area is 249 Å². The van der Waals surface area contributed by atoms with Crippen LogP contribution in [0.25, 0.3) is 0 Å². The molecule has 230 valence electrons. The van der Waals surface area contributed by atoms with Gasteiger partial charge in [0.15, 0.2) is 6.29 Å². The van der Waals surface area contributed by atoms with Gasteiger partial charge in [0, 0.05) is 12.0 Å². The molecule has 4 aliphatic rings. The molecule has 0 saturated heterocycles. The zero-order valence-corrected chi connectivity index (χ0v) is 27.6. The molecule has 3 saturated carbocycles. The maximum atomic E-state index is 12.9. The highest BCUT2D eigenvalue weighted by molar-refractivity contribution is 7.86. The summed E-state index contributed by atoms with van der Waals surface area (Å²) in [5.41, 5.74) is 3.11. The van der Waals surface area contributed by atoms with Crippen molar-refractivity contribution < 1.29 is 22.1 Å². The summed E-state index contributed by atoms with van der Waals surface area (Å²) < 4.78 is 43.7. The summed E-state index contributed by atoms with van der Waals surface area (Å²) in [6.07, 6.45) is 10.9. The van der Waals surface area contributed by atoms with Crippen LogP contribution in [0.5, 0.6) is 0 Å². The number of hydrogen-bond donors (Lipinski definition) is 0. The molecule has 1 unspecified atom stereocenters. The van der Waals surface area contributed by atoms with Crippen LogP contribution in [0.1, 0.15) is 99.0 Å². The van der Waals surface area contributed by atoms with E-state index in [1.165, 1.54) is 32.1 Å². The minimum atomic E-state index is -3.74. The van der Waals surface area contributed by atoms with Gasteiger partial charge in [0.05, 0.1) is 17.6 Å². The molecular weight excluding hydrogens is 532 g/mol. The fourth-order valence-corrected chi connectivity index (χ4v) is 11.2. The summed E-state index contributed by atoms with van der Waals surface area (Å²) in [4.78, 5) is 0.250. The van der Waals surface area contributed by atoms with Crippen LogP contribution in [0.3, 0.4) is 0 Å². The lowest BCUT2D eigenvalue weighted by Crippen LogP contribution is -2.55. The van der Waals surface area contributed by atoms with Crippen LogP contribution in [-0.2, 0) is 23.8 Å². The van der Waals surface area contributed by atoms with E-state index in [9.17, 15) is 8.42 Å². The number of fused-ring (bicyclic) bond motifs is 5. The van der Waals surface area contributed by atoms with Crippen molar-refractivity contribution in [2.24, 2.45) is 45.8 Å². The second-order valence-electron chi connectivity index (χ2n) is 14.8. The van der Waals surface area contributed by atoms with Crippen LogP contribution < -0.4 is 0 Å². The van der Waals surface area contributed by atoms with Crippen LogP contribution in [0.2, 0.25) is 0 Å². The van der Waals surface area contributed by atoms with Gasteiger partial charge in [-0.1, -0.05) is 64.0 Å². The van der Waals surface area contributed by atoms with Gasteiger partial charge in [0.25, 0.3) is 10.1 Å². The Balaban J connectivity index is 1.29. The highest BCUT2D eigenvalue weighted by atomic mass is 32.2. The molecule has 9 atom stereocenters. The van der Waals surface area contributed by atoms with E-state index in [-0.39, 0.29) is 46.1 Å². The van der Waals surface area contributed by atoms with Gasteiger partial charge >= 0.3 is 0 Å². The van der Waals surface area contributed by atoms with Gasteiger partial charge in [-0.25, -0.2) is 0 Å². The van der Waals surface area contributed by atoms with Crippen molar-refractivity contribution in [2.75, 3.05) is 13.2 Å². The maximum absolute atomic E-state index is 12.9. The molecule has 0 amide bonds. The first-order valence-corrected chi connectivity index (χ1v) is 17.6. The minimum Gasteiger partial charge on any atom is -0.353 e. The molecule has 0 N–H and O–H groups in total. The van der Waals surface area contributed by atoms with E-state index >= 15 is 0 Å². The van der Waals surface area contributed by atoms with E-state index in [1.807, 2.05) is 32.9 Å². The van der Waals surface area contributed by atoms with Crippen LogP contribution in [0, 0.1) is 52.8 Å². The summed E-state index contributed by atoms with van der Waals surface area (Å²) in [5, 5.41) is 0. The second kappa shape index (κ2) is 11.4. The molecule has 0 aliphatic heterocycles. The van der Waals surface area contributed by atoms with E-state index < -0.39 is 10.1 Å². The third-order valence-electron chi connectivity index (χ3n) is 12.2. The molecule has 3 fully saturated rings. The smallest absolute Gasteiger partial charge is 0.296 e. The summed E-state index contributed by atoms with van der Waals surface area (Å²) >= 11 is 0. The first kappa shape index (κ1) is 31.2. The Kier molecular flexibility index (Phi) is 8.66. The fraction of sp³-hybridized carbons (Fsp3) is 0.771. The monoisotopic (exact) mass is 586 g/mol. The molecule has 1 aromatic rings. The Morgan fingerprint density at radius 1 is 0.951 bits per heavy atom. The predicted molar refractivity (Wildman–Crippen MR) is 164 cm³/mol. The molecule has 0 bridgehead atoms. The second-order valence-corrected chi connectivity index (χ2v) is 16.4. The zero-order chi connectivity index (χ0) is 29.8. The average molecular weight is 587 g/mol. The van der Waals surface area contributed by atoms with Crippen molar-refractivity contribution in [2.45, 2.75) is 118 Å². The lowest BCUT2D eigenvalue weighted by atomic mass is 9.44. The lowest BCUT2D eigenvalue weighted by molar-refractivity contribution is -0.193. The average Bonchev–Trinajstić information content (AvgIpc) is 3.27. The molecule has 0 aromatic heterocycles. The predicted octanol–water partition coefficient (Wildman–Crippen LogP) is 8.32. The van der Waals surface area contributed by atoms with E-state index in [0.29, 0.717) is 30.3 Å². The Morgan fingerprint density at radius 2 is 1.66 bits per heavy atom. The quantitative estimate of drug-likeness (QED) is 0.165. The number of ether oxygens (including phenoxy) is 2. The van der Waals surface area contributed by atoms with E-state index in [2.05, 4.69) is 40.7 Å². The van der Waals surface area contributed by atoms with Gasteiger partial charge in [0.1, 0.15) is 0 Å². The van der Waals surface area contributed by atoms with Crippen LogP contribution in [-0.4, -0.2) is 34.0 Å². The third-order valence-corrected chi connectivity index (χ3v) is 13.5. The Bertz CT molecular complexity index is 1220.